The second kappa shape index (κ2) is 8.58. The first-order valence-electron chi connectivity index (χ1n) is 10.9. The predicted octanol–water partition coefficient (Wildman–Crippen LogP) is 2.78. The highest BCUT2D eigenvalue weighted by Gasteiger charge is 2.48. The summed E-state index contributed by atoms with van der Waals surface area (Å²) < 4.78 is 5.10. The van der Waals surface area contributed by atoms with Crippen molar-refractivity contribution in [3.8, 4) is 0 Å². The van der Waals surface area contributed by atoms with Gasteiger partial charge in [0, 0.05) is 18.7 Å². The molecular weight excluding hydrogens is 384 g/mol. The number of likely N-dealkylation sites (tertiary alicyclic amines) is 1. The number of fused-ring (bicyclic) bond motifs is 1. The molecule has 3 atom stereocenters. The maximum Gasteiger partial charge on any atom is 0.310 e. The Morgan fingerprint density at radius 1 is 0.967 bits per heavy atom. The van der Waals surface area contributed by atoms with Crippen LogP contribution >= 0.6 is 0 Å². The number of benzene rings is 1. The minimum absolute atomic E-state index is 0.114. The van der Waals surface area contributed by atoms with Gasteiger partial charge in [0.15, 0.2) is 0 Å². The topological polar surface area (TPSA) is 84.0 Å². The standard InChI is InChI=1S/C23H28N2O5/c1-2-30-23(29)16-6-5-13-24(14-16)20(26)15-9-11-17(12-10-15)25-21(27)18-7-3-4-8-19(18)22(25)28/h9-12,16,18-19H,2-8,13-14H2,1H3/t16-,18-,19-/m0/s1. The van der Waals surface area contributed by atoms with Gasteiger partial charge in [-0.3, -0.25) is 24.1 Å². The van der Waals surface area contributed by atoms with Gasteiger partial charge >= 0.3 is 5.97 Å². The molecule has 1 aromatic rings. The van der Waals surface area contributed by atoms with Gasteiger partial charge in [-0.25, -0.2) is 0 Å². The van der Waals surface area contributed by atoms with Crippen LogP contribution in [0.15, 0.2) is 24.3 Å². The van der Waals surface area contributed by atoms with Gasteiger partial charge < -0.3 is 9.64 Å². The molecule has 0 unspecified atom stereocenters. The Balaban J connectivity index is 1.46. The van der Waals surface area contributed by atoms with E-state index in [2.05, 4.69) is 0 Å². The van der Waals surface area contributed by atoms with Crippen LogP contribution < -0.4 is 4.90 Å². The molecule has 160 valence electrons. The Kier molecular flexibility index (Phi) is 5.88. The molecule has 30 heavy (non-hydrogen) atoms. The molecule has 2 saturated heterocycles. The van der Waals surface area contributed by atoms with Gasteiger partial charge in [0.05, 0.1) is 30.0 Å². The van der Waals surface area contributed by atoms with Crippen LogP contribution in [0, 0.1) is 17.8 Å². The zero-order chi connectivity index (χ0) is 21.3. The third kappa shape index (κ3) is 3.73. The lowest BCUT2D eigenvalue weighted by Crippen LogP contribution is -2.42. The highest BCUT2D eigenvalue weighted by Crippen LogP contribution is 2.40. The summed E-state index contributed by atoms with van der Waals surface area (Å²) in [5.74, 6) is -1.30. The second-order valence-electron chi connectivity index (χ2n) is 8.40. The number of ether oxygens (including phenoxy) is 1. The van der Waals surface area contributed by atoms with E-state index in [9.17, 15) is 19.2 Å². The van der Waals surface area contributed by atoms with Crippen LogP contribution in [0.1, 0.15) is 55.8 Å². The number of amides is 3. The lowest BCUT2D eigenvalue weighted by atomic mass is 9.81. The van der Waals surface area contributed by atoms with Crippen molar-refractivity contribution in [3.05, 3.63) is 29.8 Å². The minimum atomic E-state index is -0.287. The number of imide groups is 1. The fraction of sp³-hybridized carbons (Fsp3) is 0.565. The second-order valence-corrected chi connectivity index (χ2v) is 8.40. The van der Waals surface area contributed by atoms with Crippen LogP contribution in [0.5, 0.6) is 0 Å². The number of carbonyl (C=O) groups excluding carboxylic acids is 4. The van der Waals surface area contributed by atoms with Gasteiger partial charge in [-0.15, -0.1) is 0 Å². The largest absolute Gasteiger partial charge is 0.466 e. The summed E-state index contributed by atoms with van der Waals surface area (Å²) in [5.41, 5.74) is 1.01. The molecule has 2 heterocycles. The van der Waals surface area contributed by atoms with Crippen molar-refractivity contribution in [2.75, 3.05) is 24.6 Å². The van der Waals surface area contributed by atoms with Gasteiger partial charge in [-0.05, 0) is 56.9 Å². The SMILES string of the molecule is CCOC(=O)[C@H]1CCCN(C(=O)c2ccc(N3C(=O)[C@H]4CCCC[C@@H]4C3=O)cc2)C1. The van der Waals surface area contributed by atoms with Gasteiger partial charge in [0.2, 0.25) is 11.8 Å². The Bertz CT molecular complexity index is 826. The first-order valence-corrected chi connectivity index (χ1v) is 10.9. The van der Waals surface area contributed by atoms with Crippen LogP contribution in [0.25, 0.3) is 0 Å². The molecule has 0 N–H and O–H groups in total. The highest BCUT2D eigenvalue weighted by atomic mass is 16.5. The Morgan fingerprint density at radius 3 is 2.20 bits per heavy atom. The van der Waals surface area contributed by atoms with Crippen molar-refractivity contribution in [2.24, 2.45) is 17.8 Å². The minimum Gasteiger partial charge on any atom is -0.466 e. The van der Waals surface area contributed by atoms with Crippen molar-refractivity contribution in [1.82, 2.24) is 4.90 Å². The average Bonchev–Trinajstić information content (AvgIpc) is 3.04. The van der Waals surface area contributed by atoms with Crippen LogP contribution in [0.2, 0.25) is 0 Å². The summed E-state index contributed by atoms with van der Waals surface area (Å²) in [5, 5.41) is 0. The molecule has 4 rings (SSSR count). The van der Waals surface area contributed by atoms with Crippen molar-refractivity contribution < 1.29 is 23.9 Å². The quantitative estimate of drug-likeness (QED) is 0.561. The summed E-state index contributed by atoms with van der Waals surface area (Å²) in [7, 11) is 0. The molecule has 7 nitrogen and oxygen atoms in total. The monoisotopic (exact) mass is 412 g/mol. The molecule has 3 fully saturated rings. The van der Waals surface area contributed by atoms with E-state index in [1.54, 1.807) is 36.1 Å². The number of hydrogen-bond donors (Lipinski definition) is 0. The van der Waals surface area contributed by atoms with Crippen LogP contribution in [0.3, 0.4) is 0 Å². The fourth-order valence-electron chi connectivity index (χ4n) is 4.97. The Labute approximate surface area is 176 Å². The van der Waals surface area contributed by atoms with E-state index in [1.807, 2.05) is 0 Å². The number of esters is 1. The molecule has 7 heteroatoms. The lowest BCUT2D eigenvalue weighted by Gasteiger charge is -2.31. The number of carbonyl (C=O) groups is 4. The average molecular weight is 412 g/mol. The molecule has 3 aliphatic rings. The predicted molar refractivity (Wildman–Crippen MR) is 110 cm³/mol. The molecule has 0 radical (unpaired) electrons. The number of nitrogens with zero attached hydrogens (tertiary/aromatic N) is 2. The van der Waals surface area contributed by atoms with Crippen LogP contribution in [-0.4, -0.2) is 48.3 Å². The van der Waals surface area contributed by atoms with Gasteiger partial charge in [0.1, 0.15) is 0 Å². The number of anilines is 1. The third-order valence-corrected chi connectivity index (χ3v) is 6.54. The van der Waals surface area contributed by atoms with E-state index in [-0.39, 0.29) is 41.4 Å². The maximum atomic E-state index is 12.9. The zero-order valence-electron chi connectivity index (χ0n) is 17.3. The van der Waals surface area contributed by atoms with E-state index in [1.165, 1.54) is 4.90 Å². The van der Waals surface area contributed by atoms with Crippen LogP contribution in [0.4, 0.5) is 5.69 Å². The molecular formula is C23H28N2O5. The maximum absolute atomic E-state index is 12.9. The van der Waals surface area contributed by atoms with Crippen molar-refractivity contribution >= 4 is 29.4 Å². The van der Waals surface area contributed by atoms with Gasteiger partial charge in [-0.2, -0.15) is 0 Å². The number of rotatable bonds is 4. The van der Waals surface area contributed by atoms with E-state index in [0.29, 0.717) is 30.9 Å². The van der Waals surface area contributed by atoms with E-state index < -0.39 is 0 Å². The molecule has 0 bridgehead atoms. The summed E-state index contributed by atoms with van der Waals surface area (Å²) >= 11 is 0. The van der Waals surface area contributed by atoms with E-state index in [0.717, 1.165) is 38.5 Å². The van der Waals surface area contributed by atoms with Crippen molar-refractivity contribution in [2.45, 2.75) is 45.4 Å². The van der Waals surface area contributed by atoms with E-state index >= 15 is 0 Å². The summed E-state index contributed by atoms with van der Waals surface area (Å²) in [6.45, 7) is 3.06. The van der Waals surface area contributed by atoms with Crippen LogP contribution in [-0.2, 0) is 19.1 Å². The van der Waals surface area contributed by atoms with Crippen molar-refractivity contribution in [3.63, 3.8) is 0 Å². The number of piperidine rings is 1. The van der Waals surface area contributed by atoms with Gasteiger partial charge in [0.25, 0.3) is 5.91 Å². The van der Waals surface area contributed by atoms with Gasteiger partial charge in [-0.1, -0.05) is 12.8 Å². The Hall–Kier alpha value is -2.70. The number of hydrogen-bond acceptors (Lipinski definition) is 5. The molecule has 0 aromatic heterocycles. The molecule has 3 amide bonds. The zero-order valence-corrected chi connectivity index (χ0v) is 17.3. The molecule has 2 aliphatic heterocycles. The summed E-state index contributed by atoms with van der Waals surface area (Å²) in [6.07, 6.45) is 5.02. The van der Waals surface area contributed by atoms with Crippen molar-refractivity contribution in [1.29, 1.82) is 0 Å². The first kappa shape index (κ1) is 20.6. The third-order valence-electron chi connectivity index (χ3n) is 6.54. The molecule has 1 saturated carbocycles. The lowest BCUT2D eigenvalue weighted by molar-refractivity contribution is -0.149. The smallest absolute Gasteiger partial charge is 0.310 e. The summed E-state index contributed by atoms with van der Waals surface area (Å²) in [6, 6.07) is 6.67. The first-order chi connectivity index (χ1) is 14.5. The molecule has 1 aliphatic carbocycles. The normalized spacial score (nSPS) is 26.5. The van der Waals surface area contributed by atoms with E-state index in [4.69, 9.17) is 4.74 Å². The Morgan fingerprint density at radius 2 is 1.60 bits per heavy atom. The molecule has 1 aromatic carbocycles. The summed E-state index contributed by atoms with van der Waals surface area (Å²) in [4.78, 5) is 53.4. The highest BCUT2D eigenvalue weighted by molar-refractivity contribution is 6.22. The fourth-order valence-corrected chi connectivity index (χ4v) is 4.97. The molecule has 0 spiro atoms.